The van der Waals surface area contributed by atoms with Gasteiger partial charge in [-0.3, -0.25) is 14.5 Å². The Hall–Kier alpha value is -2.09. The van der Waals surface area contributed by atoms with Gasteiger partial charge in [-0.2, -0.15) is 13.2 Å². The summed E-state index contributed by atoms with van der Waals surface area (Å²) in [6.45, 7) is 0.213. The third kappa shape index (κ3) is 4.95. The van der Waals surface area contributed by atoms with E-state index < -0.39 is 18.0 Å². The van der Waals surface area contributed by atoms with Gasteiger partial charge in [0.15, 0.2) is 0 Å². The number of hydrogen-bond donors (Lipinski definition) is 2. The van der Waals surface area contributed by atoms with Crippen molar-refractivity contribution in [3.05, 3.63) is 29.8 Å². The summed E-state index contributed by atoms with van der Waals surface area (Å²) in [5.41, 5.74) is 0.830. The van der Waals surface area contributed by atoms with Crippen molar-refractivity contribution >= 4 is 17.5 Å². The zero-order chi connectivity index (χ0) is 17.7. The molecule has 2 N–H and O–H groups in total. The predicted octanol–water partition coefficient (Wildman–Crippen LogP) is 2.26. The SMILES string of the molecule is CNC(=O)c1cccc(NC(=O)CN2CCCC(C(F)(F)F)C2)c1. The molecule has 1 saturated heterocycles. The van der Waals surface area contributed by atoms with Gasteiger partial charge >= 0.3 is 6.18 Å². The fourth-order valence-corrected chi connectivity index (χ4v) is 2.75. The van der Waals surface area contributed by atoms with Gasteiger partial charge in [-0.15, -0.1) is 0 Å². The molecule has 24 heavy (non-hydrogen) atoms. The van der Waals surface area contributed by atoms with Gasteiger partial charge in [0.2, 0.25) is 5.91 Å². The van der Waals surface area contributed by atoms with Gasteiger partial charge in [0.1, 0.15) is 0 Å². The molecule has 1 aromatic rings. The zero-order valence-corrected chi connectivity index (χ0v) is 13.3. The number of carbonyl (C=O) groups is 2. The fraction of sp³-hybridized carbons (Fsp3) is 0.500. The van der Waals surface area contributed by atoms with E-state index in [4.69, 9.17) is 0 Å². The van der Waals surface area contributed by atoms with E-state index in [1.807, 2.05) is 0 Å². The molecule has 0 saturated carbocycles. The Labute approximate surface area is 138 Å². The van der Waals surface area contributed by atoms with Crippen LogP contribution in [0.5, 0.6) is 0 Å². The number of likely N-dealkylation sites (tertiary alicyclic amines) is 1. The summed E-state index contributed by atoms with van der Waals surface area (Å²) in [5.74, 6) is -2.06. The van der Waals surface area contributed by atoms with E-state index >= 15 is 0 Å². The summed E-state index contributed by atoms with van der Waals surface area (Å²) in [6.07, 6.45) is -3.70. The van der Waals surface area contributed by atoms with Crippen molar-refractivity contribution in [1.82, 2.24) is 10.2 Å². The largest absolute Gasteiger partial charge is 0.393 e. The number of benzene rings is 1. The first-order chi connectivity index (χ1) is 11.3. The molecule has 2 rings (SSSR count). The first-order valence-corrected chi connectivity index (χ1v) is 7.70. The molecule has 1 fully saturated rings. The van der Waals surface area contributed by atoms with Gasteiger partial charge in [0, 0.05) is 24.8 Å². The van der Waals surface area contributed by atoms with Gasteiger partial charge in [0.05, 0.1) is 12.5 Å². The summed E-state index contributed by atoms with van der Waals surface area (Å²) in [5, 5.41) is 5.10. The summed E-state index contributed by atoms with van der Waals surface area (Å²) < 4.78 is 38.4. The van der Waals surface area contributed by atoms with Crippen LogP contribution in [0.25, 0.3) is 0 Å². The minimum absolute atomic E-state index is 0.100. The first-order valence-electron chi connectivity index (χ1n) is 7.70. The van der Waals surface area contributed by atoms with E-state index in [9.17, 15) is 22.8 Å². The molecule has 1 aromatic carbocycles. The van der Waals surface area contributed by atoms with Crippen molar-refractivity contribution in [2.75, 3.05) is 32.0 Å². The molecule has 1 atom stereocenters. The predicted molar refractivity (Wildman–Crippen MR) is 83.7 cm³/mol. The number of carbonyl (C=O) groups excluding carboxylic acids is 2. The van der Waals surface area contributed by atoms with Crippen LogP contribution >= 0.6 is 0 Å². The van der Waals surface area contributed by atoms with Gasteiger partial charge < -0.3 is 10.6 Å². The Morgan fingerprint density at radius 1 is 1.33 bits per heavy atom. The highest BCUT2D eigenvalue weighted by molar-refractivity contribution is 5.97. The second-order valence-corrected chi connectivity index (χ2v) is 5.82. The molecule has 8 heteroatoms. The van der Waals surface area contributed by atoms with Crippen LogP contribution in [0, 0.1) is 5.92 Å². The number of amides is 2. The van der Waals surface area contributed by atoms with Crippen LogP contribution < -0.4 is 10.6 Å². The monoisotopic (exact) mass is 343 g/mol. The summed E-state index contributed by atoms with van der Waals surface area (Å²) >= 11 is 0. The van der Waals surface area contributed by atoms with Gasteiger partial charge in [-0.05, 0) is 37.6 Å². The van der Waals surface area contributed by atoms with Crippen LogP contribution in [0.3, 0.4) is 0 Å². The molecular weight excluding hydrogens is 323 g/mol. The molecule has 0 aromatic heterocycles. The maximum atomic E-state index is 12.8. The normalized spacial score (nSPS) is 18.9. The lowest BCUT2D eigenvalue weighted by Crippen LogP contribution is -2.44. The Balaban J connectivity index is 1.92. The number of hydrogen-bond acceptors (Lipinski definition) is 3. The second-order valence-electron chi connectivity index (χ2n) is 5.82. The van der Waals surface area contributed by atoms with Crippen LogP contribution in [0.1, 0.15) is 23.2 Å². The lowest BCUT2D eigenvalue weighted by Gasteiger charge is -2.33. The molecular formula is C16H20F3N3O2. The molecule has 0 spiro atoms. The molecule has 2 amide bonds. The van der Waals surface area contributed by atoms with E-state index in [-0.39, 0.29) is 25.4 Å². The van der Waals surface area contributed by atoms with E-state index in [0.717, 1.165) is 0 Å². The van der Waals surface area contributed by atoms with Gasteiger partial charge in [-0.1, -0.05) is 6.07 Å². The molecule has 0 aliphatic carbocycles. The molecule has 132 valence electrons. The van der Waals surface area contributed by atoms with Crippen molar-refractivity contribution < 1.29 is 22.8 Å². The minimum atomic E-state index is -4.23. The number of nitrogens with one attached hydrogen (secondary N) is 2. The highest BCUT2D eigenvalue weighted by Gasteiger charge is 2.41. The third-order valence-electron chi connectivity index (χ3n) is 3.97. The van der Waals surface area contributed by atoms with Gasteiger partial charge in [0.25, 0.3) is 5.91 Å². The Morgan fingerprint density at radius 2 is 2.08 bits per heavy atom. The Morgan fingerprint density at radius 3 is 2.75 bits per heavy atom. The minimum Gasteiger partial charge on any atom is -0.355 e. The number of nitrogens with zero attached hydrogens (tertiary/aromatic N) is 1. The molecule has 1 unspecified atom stereocenters. The van der Waals surface area contributed by atoms with E-state index in [0.29, 0.717) is 24.2 Å². The smallest absolute Gasteiger partial charge is 0.355 e. The second kappa shape index (κ2) is 7.65. The number of alkyl halides is 3. The Kier molecular flexibility index (Phi) is 5.82. The number of anilines is 1. The lowest BCUT2D eigenvalue weighted by atomic mass is 9.97. The van der Waals surface area contributed by atoms with Crippen molar-refractivity contribution in [1.29, 1.82) is 0 Å². The van der Waals surface area contributed by atoms with Crippen LogP contribution in [0.4, 0.5) is 18.9 Å². The molecule has 1 aliphatic heterocycles. The Bertz CT molecular complexity index is 604. The highest BCUT2D eigenvalue weighted by Crippen LogP contribution is 2.32. The van der Waals surface area contributed by atoms with Crippen molar-refractivity contribution in [2.24, 2.45) is 5.92 Å². The summed E-state index contributed by atoms with van der Waals surface area (Å²) in [7, 11) is 1.50. The van der Waals surface area contributed by atoms with Gasteiger partial charge in [-0.25, -0.2) is 0 Å². The number of piperidine rings is 1. The van der Waals surface area contributed by atoms with Crippen molar-refractivity contribution in [3.8, 4) is 0 Å². The average molecular weight is 343 g/mol. The molecule has 5 nitrogen and oxygen atoms in total. The molecule has 1 aliphatic rings. The van der Waals surface area contributed by atoms with E-state index in [1.54, 1.807) is 18.2 Å². The highest BCUT2D eigenvalue weighted by atomic mass is 19.4. The topological polar surface area (TPSA) is 61.4 Å². The number of halogens is 3. The van der Waals surface area contributed by atoms with E-state index in [1.165, 1.54) is 18.0 Å². The lowest BCUT2D eigenvalue weighted by molar-refractivity contribution is -0.186. The summed E-state index contributed by atoms with van der Waals surface area (Å²) in [4.78, 5) is 25.1. The van der Waals surface area contributed by atoms with Crippen LogP contribution in [0.15, 0.2) is 24.3 Å². The van der Waals surface area contributed by atoms with E-state index in [2.05, 4.69) is 10.6 Å². The quantitative estimate of drug-likeness (QED) is 0.882. The van der Waals surface area contributed by atoms with Crippen molar-refractivity contribution in [3.63, 3.8) is 0 Å². The molecule has 0 bridgehead atoms. The molecule has 1 heterocycles. The maximum absolute atomic E-state index is 12.8. The third-order valence-corrected chi connectivity index (χ3v) is 3.97. The van der Waals surface area contributed by atoms with Crippen molar-refractivity contribution in [2.45, 2.75) is 19.0 Å². The molecule has 0 radical (unpaired) electrons. The summed E-state index contributed by atoms with van der Waals surface area (Å²) in [6, 6.07) is 6.37. The maximum Gasteiger partial charge on any atom is 0.393 e. The fourth-order valence-electron chi connectivity index (χ4n) is 2.75. The first kappa shape index (κ1) is 18.3. The van der Waals surface area contributed by atoms with Crippen LogP contribution in [0.2, 0.25) is 0 Å². The van der Waals surface area contributed by atoms with Crippen LogP contribution in [-0.4, -0.2) is 49.6 Å². The van der Waals surface area contributed by atoms with Crippen LogP contribution in [-0.2, 0) is 4.79 Å². The standard InChI is InChI=1S/C16H20F3N3O2/c1-20-15(24)11-4-2-6-13(8-11)21-14(23)10-22-7-3-5-12(9-22)16(17,18)19/h2,4,6,8,12H,3,5,7,9-10H2,1H3,(H,20,24)(H,21,23). The zero-order valence-electron chi connectivity index (χ0n) is 13.3. The average Bonchev–Trinajstić information content (AvgIpc) is 2.53. The number of rotatable bonds is 4.